The molecule has 11 heteroatoms. The molecule has 244 valence electrons. The van der Waals surface area contributed by atoms with Crippen molar-refractivity contribution < 1.29 is 24.2 Å². The summed E-state index contributed by atoms with van der Waals surface area (Å²) < 4.78 is 11.1. The molecule has 6 fully saturated rings. The molecule has 1 aromatic carbocycles. The van der Waals surface area contributed by atoms with E-state index in [1.54, 1.807) is 12.0 Å². The van der Waals surface area contributed by atoms with Gasteiger partial charge in [0.1, 0.15) is 17.6 Å². The van der Waals surface area contributed by atoms with Crippen LogP contribution in [0.2, 0.25) is 0 Å². The number of methoxy groups -OCH3 is 1. The van der Waals surface area contributed by atoms with Gasteiger partial charge in [0.25, 0.3) is 0 Å². The van der Waals surface area contributed by atoms with Crippen molar-refractivity contribution in [2.45, 2.75) is 75.7 Å². The van der Waals surface area contributed by atoms with Gasteiger partial charge in [-0.2, -0.15) is 0 Å². The van der Waals surface area contributed by atoms with Gasteiger partial charge in [-0.1, -0.05) is 12.8 Å². The van der Waals surface area contributed by atoms with E-state index in [0.29, 0.717) is 26.2 Å². The maximum absolute atomic E-state index is 12.7. The fraction of sp³-hybridized carbons (Fsp3) is 0.758. The molecule has 2 aliphatic carbocycles. The molecule has 0 aromatic heterocycles. The summed E-state index contributed by atoms with van der Waals surface area (Å²) in [7, 11) is 1.65. The minimum absolute atomic E-state index is 0.0887. The number of β-amino-alcohol motifs (C(OH)–C–C–N with tert-alkyl or cyclic N) is 1. The highest BCUT2D eigenvalue weighted by Gasteiger charge is 2.36. The Balaban J connectivity index is 0.000000167. The highest BCUT2D eigenvalue weighted by atomic mass is 16.5. The molecule has 4 saturated heterocycles. The molecule has 0 atom stereocenters. The normalized spacial score (nSPS) is 24.5. The third kappa shape index (κ3) is 7.54. The number of nitrogens with zero attached hydrogens (tertiary/aromatic N) is 6. The van der Waals surface area contributed by atoms with Gasteiger partial charge in [-0.25, -0.2) is 9.59 Å². The molecule has 7 rings (SSSR count). The quantitative estimate of drug-likeness (QED) is 0.547. The van der Waals surface area contributed by atoms with Crippen molar-refractivity contribution in [2.24, 2.45) is 0 Å². The number of urea groups is 2. The molecule has 4 aliphatic heterocycles. The first kappa shape index (κ1) is 31.2. The average Bonchev–Trinajstić information content (AvgIpc) is 3.33. The third-order valence-electron chi connectivity index (χ3n) is 10.4. The number of amides is 4. The number of carbonyl (C=O) groups excluding carboxylic acids is 2. The van der Waals surface area contributed by atoms with Crippen molar-refractivity contribution in [3.05, 3.63) is 24.3 Å². The standard InChI is InChI=1S/C20H29N3O3.C13H23N3O2/c1-25-17-6-8-18(9-7-17)26-19-14-23(15-19)20(24)22-11-3-10-21(12-13-22)16-4-2-5-16;17-12-9-16(10-12)13(18)15-6-2-5-14(7-8-15)11-3-1-4-11/h6-9,16,19H,2-5,10-15H2,1H3;11-12,17H,1-10H2. The summed E-state index contributed by atoms with van der Waals surface area (Å²) in [5.74, 6) is 1.65. The van der Waals surface area contributed by atoms with Crippen molar-refractivity contribution in [3.8, 4) is 11.5 Å². The second-order valence-electron chi connectivity index (χ2n) is 13.4. The Bertz CT molecular complexity index is 1090. The lowest BCUT2D eigenvalue weighted by Crippen LogP contribution is -2.60. The third-order valence-corrected chi connectivity index (χ3v) is 10.4. The highest BCUT2D eigenvalue weighted by Crippen LogP contribution is 2.27. The molecule has 4 amide bonds. The Kier molecular flexibility index (Phi) is 10.3. The van der Waals surface area contributed by atoms with Gasteiger partial charge in [0.2, 0.25) is 0 Å². The number of ether oxygens (including phenoxy) is 2. The van der Waals surface area contributed by atoms with Crippen LogP contribution < -0.4 is 9.47 Å². The van der Waals surface area contributed by atoms with E-state index in [1.807, 2.05) is 39.0 Å². The first-order valence-corrected chi connectivity index (χ1v) is 17.0. The van der Waals surface area contributed by atoms with Crippen LogP contribution in [0.3, 0.4) is 0 Å². The Morgan fingerprint density at radius 3 is 1.52 bits per heavy atom. The van der Waals surface area contributed by atoms with Crippen LogP contribution in [0.5, 0.6) is 11.5 Å². The number of benzene rings is 1. The van der Waals surface area contributed by atoms with Crippen LogP contribution in [-0.2, 0) is 0 Å². The summed E-state index contributed by atoms with van der Waals surface area (Å²) in [6.45, 7) is 10.2. The summed E-state index contributed by atoms with van der Waals surface area (Å²) in [4.78, 5) is 37.7. The topological polar surface area (TPSA) is 92.3 Å². The molecule has 11 nitrogen and oxygen atoms in total. The van der Waals surface area contributed by atoms with Crippen LogP contribution in [0.25, 0.3) is 0 Å². The van der Waals surface area contributed by atoms with Crippen molar-refractivity contribution in [3.63, 3.8) is 0 Å². The first-order chi connectivity index (χ1) is 21.5. The molecule has 6 aliphatic rings. The molecule has 1 aromatic rings. The molecular formula is C33H52N6O5. The Morgan fingerprint density at radius 1 is 0.614 bits per heavy atom. The van der Waals surface area contributed by atoms with Gasteiger partial charge in [0.05, 0.1) is 39.4 Å². The molecule has 2 saturated carbocycles. The monoisotopic (exact) mass is 612 g/mol. The van der Waals surface area contributed by atoms with Crippen LogP contribution in [0.1, 0.15) is 51.4 Å². The minimum atomic E-state index is -0.299. The van der Waals surface area contributed by atoms with E-state index in [0.717, 1.165) is 88.8 Å². The number of hydrogen-bond acceptors (Lipinski definition) is 7. The molecule has 44 heavy (non-hydrogen) atoms. The van der Waals surface area contributed by atoms with Gasteiger partial charge in [0.15, 0.2) is 0 Å². The van der Waals surface area contributed by atoms with Crippen LogP contribution in [-0.4, -0.2) is 157 Å². The summed E-state index contributed by atoms with van der Waals surface area (Å²) in [6, 6.07) is 9.46. The smallest absolute Gasteiger partial charge is 0.320 e. The fourth-order valence-electron chi connectivity index (χ4n) is 7.02. The van der Waals surface area contributed by atoms with E-state index in [4.69, 9.17) is 9.47 Å². The van der Waals surface area contributed by atoms with Crippen molar-refractivity contribution in [2.75, 3.05) is 85.6 Å². The lowest BCUT2D eigenvalue weighted by atomic mass is 9.91. The highest BCUT2D eigenvalue weighted by molar-refractivity contribution is 5.76. The molecular weight excluding hydrogens is 560 g/mol. The van der Waals surface area contributed by atoms with Gasteiger partial charge in [-0.15, -0.1) is 0 Å². The SMILES string of the molecule is COc1ccc(OC2CN(C(=O)N3CCCN(C4CCC4)CC3)C2)cc1.O=C(N1CCCN(C2CCC2)CC1)N1CC(O)C1. The van der Waals surface area contributed by atoms with Gasteiger partial charge >= 0.3 is 12.1 Å². The maximum Gasteiger partial charge on any atom is 0.320 e. The number of carbonyl (C=O) groups is 2. The van der Waals surface area contributed by atoms with E-state index in [9.17, 15) is 14.7 Å². The molecule has 0 radical (unpaired) electrons. The van der Waals surface area contributed by atoms with E-state index in [1.165, 1.54) is 38.5 Å². The van der Waals surface area contributed by atoms with Gasteiger partial charge in [-0.05, 0) is 62.8 Å². The minimum Gasteiger partial charge on any atom is -0.497 e. The largest absolute Gasteiger partial charge is 0.497 e. The molecule has 0 unspecified atom stereocenters. The number of rotatable bonds is 5. The van der Waals surface area contributed by atoms with E-state index in [2.05, 4.69) is 9.80 Å². The number of likely N-dealkylation sites (tertiary alicyclic amines) is 2. The maximum atomic E-state index is 12.7. The number of aliphatic hydroxyl groups is 1. The zero-order valence-electron chi connectivity index (χ0n) is 26.5. The molecule has 4 heterocycles. The summed E-state index contributed by atoms with van der Waals surface area (Å²) in [5.41, 5.74) is 0. The Labute approximate surface area is 262 Å². The van der Waals surface area contributed by atoms with E-state index < -0.39 is 0 Å². The van der Waals surface area contributed by atoms with Crippen LogP contribution in [0.4, 0.5) is 9.59 Å². The predicted octanol–water partition coefficient (Wildman–Crippen LogP) is 2.78. The Morgan fingerprint density at radius 2 is 1.09 bits per heavy atom. The van der Waals surface area contributed by atoms with Gasteiger partial charge in [-0.3, -0.25) is 9.80 Å². The van der Waals surface area contributed by atoms with Crippen molar-refractivity contribution >= 4 is 12.1 Å². The summed E-state index contributed by atoms with van der Waals surface area (Å²) in [6.07, 6.45) is 10.1. The predicted molar refractivity (Wildman–Crippen MR) is 168 cm³/mol. The fourth-order valence-corrected chi connectivity index (χ4v) is 7.02. The zero-order valence-corrected chi connectivity index (χ0v) is 26.5. The number of hydrogen-bond donors (Lipinski definition) is 1. The summed E-state index contributed by atoms with van der Waals surface area (Å²) in [5, 5.41) is 9.25. The molecule has 0 spiro atoms. The second kappa shape index (κ2) is 14.6. The molecule has 0 bridgehead atoms. The molecule has 1 N–H and O–H groups in total. The zero-order chi connectivity index (χ0) is 30.5. The number of aliphatic hydroxyl groups excluding tert-OH is 1. The summed E-state index contributed by atoms with van der Waals surface area (Å²) >= 11 is 0. The van der Waals surface area contributed by atoms with Crippen LogP contribution in [0, 0.1) is 0 Å². The van der Waals surface area contributed by atoms with E-state index >= 15 is 0 Å². The van der Waals surface area contributed by atoms with Gasteiger partial charge < -0.3 is 34.2 Å². The Hall–Kier alpha value is -2.76. The van der Waals surface area contributed by atoms with Crippen LogP contribution >= 0.6 is 0 Å². The first-order valence-electron chi connectivity index (χ1n) is 17.0. The van der Waals surface area contributed by atoms with Crippen molar-refractivity contribution in [1.82, 2.24) is 29.4 Å². The van der Waals surface area contributed by atoms with Gasteiger partial charge in [0, 0.05) is 64.4 Å². The van der Waals surface area contributed by atoms with Crippen LogP contribution in [0.15, 0.2) is 24.3 Å². The lowest BCUT2D eigenvalue weighted by molar-refractivity contribution is 0.0151. The lowest BCUT2D eigenvalue weighted by Gasteiger charge is -2.41. The second-order valence-corrected chi connectivity index (χ2v) is 13.4. The average molecular weight is 613 g/mol. The van der Waals surface area contributed by atoms with E-state index in [-0.39, 0.29) is 24.3 Å². The van der Waals surface area contributed by atoms with Crippen molar-refractivity contribution in [1.29, 1.82) is 0 Å².